The molecule has 6 heteroatoms. The van der Waals surface area contributed by atoms with Crippen LogP contribution in [-0.4, -0.2) is 28.6 Å². The lowest BCUT2D eigenvalue weighted by atomic mass is 10.0. The van der Waals surface area contributed by atoms with Crippen LogP contribution < -0.4 is 0 Å². The Morgan fingerprint density at radius 3 is 2.33 bits per heavy atom. The first kappa shape index (κ1) is 18.8. The molecule has 3 aromatic rings. The fraction of sp³-hybridized carbons (Fsp3) is 0.0952. The van der Waals surface area contributed by atoms with Crippen molar-refractivity contribution < 1.29 is 14.3 Å². The summed E-state index contributed by atoms with van der Waals surface area (Å²) in [5, 5.41) is 4.67. The summed E-state index contributed by atoms with van der Waals surface area (Å²) < 4.78 is 7.41. The lowest BCUT2D eigenvalue weighted by molar-refractivity contribution is -0.137. The average molecular weight is 425 g/mol. The van der Waals surface area contributed by atoms with E-state index in [9.17, 15) is 9.59 Å². The molecule has 0 aliphatic heterocycles. The molecule has 0 saturated heterocycles. The maximum Gasteiger partial charge on any atom is 0.341 e. The molecule has 27 heavy (non-hydrogen) atoms. The van der Waals surface area contributed by atoms with Gasteiger partial charge in [-0.05, 0) is 37.3 Å². The molecule has 0 aliphatic carbocycles. The molecule has 0 fully saturated rings. The van der Waals surface area contributed by atoms with E-state index in [2.05, 4.69) is 21.0 Å². The molecule has 136 valence electrons. The molecule has 2 aromatic carbocycles. The van der Waals surface area contributed by atoms with Gasteiger partial charge in [-0.25, -0.2) is 9.48 Å². The van der Waals surface area contributed by atoms with Crippen LogP contribution in [0.2, 0.25) is 0 Å². The maximum atomic E-state index is 12.0. The lowest BCUT2D eigenvalue weighted by Gasteiger charge is -2.02. The molecule has 0 saturated carbocycles. The van der Waals surface area contributed by atoms with E-state index in [0.29, 0.717) is 11.3 Å². The van der Waals surface area contributed by atoms with Gasteiger partial charge >= 0.3 is 5.97 Å². The highest BCUT2D eigenvalue weighted by molar-refractivity contribution is 9.10. The fourth-order valence-electron chi connectivity index (χ4n) is 2.61. The third-order valence-electron chi connectivity index (χ3n) is 3.97. The first-order chi connectivity index (χ1) is 13.0. The Balaban J connectivity index is 2.18. The van der Waals surface area contributed by atoms with Crippen molar-refractivity contribution in [1.82, 2.24) is 9.78 Å². The SMILES string of the molecule is COC(=O)/C(=C/c1cn(-c2ccccc2)nc1-c1ccc(Br)cc1)C(C)=O. The number of ether oxygens (including phenoxy) is 1. The molecule has 0 aliphatic rings. The summed E-state index contributed by atoms with van der Waals surface area (Å²) in [6.07, 6.45) is 3.32. The van der Waals surface area contributed by atoms with Gasteiger partial charge in [-0.15, -0.1) is 0 Å². The van der Waals surface area contributed by atoms with E-state index in [-0.39, 0.29) is 11.4 Å². The zero-order valence-corrected chi connectivity index (χ0v) is 16.4. The first-order valence-corrected chi connectivity index (χ1v) is 9.01. The van der Waals surface area contributed by atoms with Crippen LogP contribution in [0.5, 0.6) is 0 Å². The van der Waals surface area contributed by atoms with Gasteiger partial charge in [0, 0.05) is 21.8 Å². The number of esters is 1. The van der Waals surface area contributed by atoms with Crippen LogP contribution in [0.15, 0.2) is 70.8 Å². The third-order valence-corrected chi connectivity index (χ3v) is 4.49. The minimum absolute atomic E-state index is 0.0246. The highest BCUT2D eigenvalue weighted by Crippen LogP contribution is 2.27. The van der Waals surface area contributed by atoms with Crippen LogP contribution in [0.3, 0.4) is 0 Å². The number of aromatic nitrogens is 2. The van der Waals surface area contributed by atoms with Gasteiger partial charge in [-0.1, -0.05) is 46.3 Å². The number of rotatable bonds is 5. The molecule has 5 nitrogen and oxygen atoms in total. The van der Waals surface area contributed by atoms with E-state index in [1.54, 1.807) is 10.9 Å². The summed E-state index contributed by atoms with van der Waals surface area (Å²) in [6, 6.07) is 17.3. The molecular formula is C21H17BrN2O3. The van der Waals surface area contributed by atoms with Crippen molar-refractivity contribution in [3.63, 3.8) is 0 Å². The van der Waals surface area contributed by atoms with Crippen LogP contribution in [0.4, 0.5) is 0 Å². The minimum Gasteiger partial charge on any atom is -0.465 e. The number of carbonyl (C=O) groups is 2. The zero-order valence-electron chi connectivity index (χ0n) is 14.8. The Morgan fingerprint density at radius 2 is 1.74 bits per heavy atom. The van der Waals surface area contributed by atoms with Crippen LogP contribution in [0.25, 0.3) is 23.0 Å². The highest BCUT2D eigenvalue weighted by atomic mass is 79.9. The summed E-state index contributed by atoms with van der Waals surface area (Å²) >= 11 is 3.42. The van der Waals surface area contributed by atoms with Crippen molar-refractivity contribution in [2.75, 3.05) is 7.11 Å². The predicted molar refractivity (Wildman–Crippen MR) is 107 cm³/mol. The number of Topliss-reactive ketones (excluding diaryl/α,β-unsaturated/α-hetero) is 1. The van der Waals surface area contributed by atoms with Gasteiger partial charge in [-0.3, -0.25) is 4.79 Å². The van der Waals surface area contributed by atoms with Crippen molar-refractivity contribution in [1.29, 1.82) is 0 Å². The highest BCUT2D eigenvalue weighted by Gasteiger charge is 2.18. The number of hydrogen-bond acceptors (Lipinski definition) is 4. The summed E-state index contributed by atoms with van der Waals surface area (Å²) in [6.45, 7) is 1.34. The van der Waals surface area contributed by atoms with Crippen molar-refractivity contribution in [2.45, 2.75) is 6.92 Å². The van der Waals surface area contributed by atoms with Gasteiger partial charge in [0.2, 0.25) is 0 Å². The van der Waals surface area contributed by atoms with E-state index >= 15 is 0 Å². The van der Waals surface area contributed by atoms with Crippen LogP contribution >= 0.6 is 15.9 Å². The monoisotopic (exact) mass is 424 g/mol. The van der Waals surface area contributed by atoms with Crippen molar-refractivity contribution >= 4 is 33.8 Å². The quantitative estimate of drug-likeness (QED) is 0.262. The molecule has 1 aromatic heterocycles. The van der Waals surface area contributed by atoms with E-state index in [1.165, 1.54) is 20.1 Å². The average Bonchev–Trinajstić information content (AvgIpc) is 3.10. The van der Waals surface area contributed by atoms with E-state index in [1.807, 2.05) is 54.6 Å². The molecule has 1 heterocycles. The Bertz CT molecular complexity index is 1010. The topological polar surface area (TPSA) is 61.2 Å². The molecule has 0 N–H and O–H groups in total. The Hall–Kier alpha value is -2.99. The van der Waals surface area contributed by atoms with Crippen LogP contribution in [0, 0.1) is 0 Å². The van der Waals surface area contributed by atoms with Gasteiger partial charge in [0.15, 0.2) is 5.78 Å². The summed E-state index contributed by atoms with van der Waals surface area (Å²) in [5.74, 6) is -1.03. The lowest BCUT2D eigenvalue weighted by Crippen LogP contribution is -2.11. The third kappa shape index (κ3) is 4.23. The fourth-order valence-corrected chi connectivity index (χ4v) is 2.87. The molecule has 0 amide bonds. The minimum atomic E-state index is -0.670. The van der Waals surface area contributed by atoms with E-state index in [4.69, 9.17) is 4.74 Å². The standard InChI is InChI=1S/C21H17BrN2O3/c1-14(25)19(21(26)27-2)12-16-13-24(18-6-4-3-5-7-18)23-20(16)15-8-10-17(22)11-9-15/h3-13H,1-2H3/b19-12+. The normalized spacial score (nSPS) is 11.3. The van der Waals surface area contributed by atoms with Crippen LogP contribution in [-0.2, 0) is 14.3 Å². The second-order valence-electron chi connectivity index (χ2n) is 5.83. The summed E-state index contributed by atoms with van der Waals surface area (Å²) in [7, 11) is 1.25. The van der Waals surface area contributed by atoms with Crippen molar-refractivity contribution in [3.05, 3.63) is 76.4 Å². The number of nitrogens with zero attached hydrogens (tertiary/aromatic N) is 2. The number of ketones is 1. The van der Waals surface area contributed by atoms with Gasteiger partial charge in [0.25, 0.3) is 0 Å². The summed E-state index contributed by atoms with van der Waals surface area (Å²) in [4.78, 5) is 23.9. The number of hydrogen-bond donors (Lipinski definition) is 0. The maximum absolute atomic E-state index is 12.0. The van der Waals surface area contributed by atoms with Gasteiger partial charge in [0.1, 0.15) is 5.57 Å². The van der Waals surface area contributed by atoms with Gasteiger partial charge in [0.05, 0.1) is 18.5 Å². The van der Waals surface area contributed by atoms with E-state index in [0.717, 1.165) is 15.7 Å². The zero-order chi connectivity index (χ0) is 19.4. The molecule has 0 radical (unpaired) electrons. The smallest absolute Gasteiger partial charge is 0.341 e. The molecule has 0 atom stereocenters. The largest absolute Gasteiger partial charge is 0.465 e. The molecular weight excluding hydrogens is 408 g/mol. The van der Waals surface area contributed by atoms with Gasteiger partial charge < -0.3 is 4.74 Å². The number of para-hydroxylation sites is 1. The van der Waals surface area contributed by atoms with E-state index < -0.39 is 5.97 Å². The van der Waals surface area contributed by atoms with Crippen LogP contribution in [0.1, 0.15) is 12.5 Å². The molecule has 0 unspecified atom stereocenters. The number of methoxy groups -OCH3 is 1. The predicted octanol–water partition coefficient (Wildman–Crippen LogP) is 4.45. The molecule has 0 spiro atoms. The Kier molecular flexibility index (Phi) is 5.66. The second-order valence-corrected chi connectivity index (χ2v) is 6.74. The second kappa shape index (κ2) is 8.14. The number of halogens is 1. The van der Waals surface area contributed by atoms with Crippen molar-refractivity contribution in [3.8, 4) is 16.9 Å². The first-order valence-electron chi connectivity index (χ1n) is 8.21. The number of carbonyl (C=O) groups excluding carboxylic acids is 2. The Morgan fingerprint density at radius 1 is 1.07 bits per heavy atom. The van der Waals surface area contributed by atoms with Gasteiger partial charge in [-0.2, -0.15) is 5.10 Å². The number of benzene rings is 2. The molecule has 0 bridgehead atoms. The van der Waals surface area contributed by atoms with Crippen molar-refractivity contribution in [2.24, 2.45) is 0 Å². The Labute approximate surface area is 165 Å². The molecule has 3 rings (SSSR count). The summed E-state index contributed by atoms with van der Waals surface area (Å²) in [5.41, 5.74) is 3.03.